The number of thiophene rings is 1. The maximum absolute atomic E-state index is 4.43. The molecule has 0 unspecified atom stereocenters. The van der Waals surface area contributed by atoms with Gasteiger partial charge in [0.05, 0.1) is 4.88 Å². The van der Waals surface area contributed by atoms with E-state index in [0.29, 0.717) is 0 Å². The number of nitrogens with zero attached hydrogens (tertiary/aromatic N) is 1. The smallest absolute Gasteiger partial charge is 0.107 e. The molecule has 0 spiro atoms. The number of rotatable bonds is 3. The van der Waals surface area contributed by atoms with Crippen LogP contribution in [0, 0.1) is 0 Å². The summed E-state index contributed by atoms with van der Waals surface area (Å²) in [5.74, 6) is 0. The standard InChI is InChI=1S/C13H12N2S2/c1-14-8-12-15-7-11(17-12)10-4-2-3-9-5-6-16-13(9)10/h2-7,14H,8H2,1H3. The van der Waals surface area contributed by atoms with E-state index in [1.165, 1.54) is 20.5 Å². The zero-order valence-corrected chi connectivity index (χ0v) is 11.1. The Labute approximate surface area is 108 Å². The van der Waals surface area contributed by atoms with Gasteiger partial charge in [-0.2, -0.15) is 0 Å². The van der Waals surface area contributed by atoms with Gasteiger partial charge in [0.15, 0.2) is 0 Å². The summed E-state index contributed by atoms with van der Waals surface area (Å²) >= 11 is 3.56. The maximum atomic E-state index is 4.43. The van der Waals surface area contributed by atoms with Gasteiger partial charge in [0.2, 0.25) is 0 Å². The van der Waals surface area contributed by atoms with Gasteiger partial charge in [-0.1, -0.05) is 18.2 Å². The molecule has 3 rings (SSSR count). The number of aromatic nitrogens is 1. The Morgan fingerprint density at radius 1 is 1.29 bits per heavy atom. The van der Waals surface area contributed by atoms with Gasteiger partial charge >= 0.3 is 0 Å². The lowest BCUT2D eigenvalue weighted by atomic mass is 10.1. The van der Waals surface area contributed by atoms with Crippen LogP contribution in [0.1, 0.15) is 5.01 Å². The highest BCUT2D eigenvalue weighted by Crippen LogP contribution is 2.35. The second-order valence-corrected chi connectivity index (χ2v) is 5.82. The first-order chi connectivity index (χ1) is 8.38. The lowest BCUT2D eigenvalue weighted by Gasteiger charge is -1.98. The largest absolute Gasteiger partial charge is 0.314 e. The lowest BCUT2D eigenvalue weighted by Crippen LogP contribution is -2.03. The van der Waals surface area contributed by atoms with Gasteiger partial charge in [0.25, 0.3) is 0 Å². The number of hydrogen-bond donors (Lipinski definition) is 1. The van der Waals surface area contributed by atoms with E-state index in [1.807, 2.05) is 13.2 Å². The monoisotopic (exact) mass is 260 g/mol. The molecule has 0 saturated carbocycles. The molecule has 0 aliphatic heterocycles. The third-order valence-electron chi connectivity index (χ3n) is 2.63. The second kappa shape index (κ2) is 4.56. The molecule has 0 radical (unpaired) electrons. The minimum Gasteiger partial charge on any atom is -0.314 e. The van der Waals surface area contributed by atoms with Gasteiger partial charge in [0.1, 0.15) is 5.01 Å². The van der Waals surface area contributed by atoms with Crippen LogP contribution in [0.25, 0.3) is 20.5 Å². The van der Waals surface area contributed by atoms with Crippen LogP contribution in [-0.2, 0) is 6.54 Å². The van der Waals surface area contributed by atoms with Crippen LogP contribution in [0.4, 0.5) is 0 Å². The molecule has 2 aromatic heterocycles. The van der Waals surface area contributed by atoms with Crippen molar-refractivity contribution in [1.29, 1.82) is 0 Å². The molecule has 1 aromatic carbocycles. The number of benzene rings is 1. The fraction of sp³-hybridized carbons (Fsp3) is 0.154. The highest BCUT2D eigenvalue weighted by Gasteiger charge is 2.08. The van der Waals surface area contributed by atoms with E-state index >= 15 is 0 Å². The van der Waals surface area contributed by atoms with E-state index in [0.717, 1.165) is 11.6 Å². The van der Waals surface area contributed by atoms with Crippen LogP contribution in [0.15, 0.2) is 35.8 Å². The Balaban J connectivity index is 2.10. The van der Waals surface area contributed by atoms with Crippen LogP contribution in [0.5, 0.6) is 0 Å². The summed E-state index contributed by atoms with van der Waals surface area (Å²) in [4.78, 5) is 5.69. The van der Waals surface area contributed by atoms with E-state index in [2.05, 4.69) is 39.9 Å². The van der Waals surface area contributed by atoms with Crippen molar-refractivity contribution in [2.75, 3.05) is 7.05 Å². The van der Waals surface area contributed by atoms with Crippen LogP contribution >= 0.6 is 22.7 Å². The molecule has 1 N–H and O–H groups in total. The van der Waals surface area contributed by atoms with Gasteiger partial charge in [0, 0.05) is 23.0 Å². The molecule has 0 aliphatic rings. The van der Waals surface area contributed by atoms with Crippen LogP contribution in [0.2, 0.25) is 0 Å². The Morgan fingerprint density at radius 3 is 3.12 bits per heavy atom. The molecule has 4 heteroatoms. The molecule has 86 valence electrons. The lowest BCUT2D eigenvalue weighted by molar-refractivity contribution is 0.810. The Morgan fingerprint density at radius 2 is 2.24 bits per heavy atom. The predicted octanol–water partition coefficient (Wildman–Crippen LogP) is 3.74. The minimum absolute atomic E-state index is 0.838. The van der Waals surface area contributed by atoms with Gasteiger partial charge in [-0.25, -0.2) is 4.98 Å². The van der Waals surface area contributed by atoms with Crippen LogP contribution in [0.3, 0.4) is 0 Å². The molecule has 0 amide bonds. The second-order valence-electron chi connectivity index (χ2n) is 3.79. The normalized spacial score (nSPS) is 11.1. The summed E-state index contributed by atoms with van der Waals surface area (Å²) in [5.41, 5.74) is 1.30. The third kappa shape index (κ3) is 1.99. The van der Waals surface area contributed by atoms with Crippen LogP contribution in [-0.4, -0.2) is 12.0 Å². The van der Waals surface area contributed by atoms with Crippen molar-refractivity contribution in [1.82, 2.24) is 10.3 Å². The molecule has 2 nitrogen and oxygen atoms in total. The molecule has 0 bridgehead atoms. The SMILES string of the molecule is CNCc1ncc(-c2cccc3ccsc23)s1. The van der Waals surface area contributed by atoms with Gasteiger partial charge in [-0.15, -0.1) is 22.7 Å². The summed E-state index contributed by atoms with van der Waals surface area (Å²) in [7, 11) is 1.95. The van der Waals surface area contributed by atoms with Gasteiger partial charge in [-0.05, 0) is 23.9 Å². The third-order valence-corrected chi connectivity index (χ3v) is 4.62. The fourth-order valence-corrected chi connectivity index (χ4v) is 3.81. The highest BCUT2D eigenvalue weighted by molar-refractivity contribution is 7.19. The van der Waals surface area contributed by atoms with E-state index in [9.17, 15) is 0 Å². The Bertz CT molecular complexity index is 639. The van der Waals surface area contributed by atoms with Crippen molar-refractivity contribution in [2.24, 2.45) is 0 Å². The first-order valence-electron chi connectivity index (χ1n) is 5.44. The number of thiazole rings is 1. The minimum atomic E-state index is 0.838. The van der Waals surface area contributed by atoms with Crippen molar-refractivity contribution in [2.45, 2.75) is 6.54 Å². The van der Waals surface area contributed by atoms with E-state index in [-0.39, 0.29) is 0 Å². The molecule has 17 heavy (non-hydrogen) atoms. The zero-order chi connectivity index (χ0) is 11.7. The fourth-order valence-electron chi connectivity index (χ4n) is 1.85. The molecule has 0 fully saturated rings. The summed E-state index contributed by atoms with van der Waals surface area (Å²) < 4.78 is 1.35. The van der Waals surface area contributed by atoms with Gasteiger partial charge < -0.3 is 5.32 Å². The van der Waals surface area contributed by atoms with Crippen molar-refractivity contribution < 1.29 is 0 Å². The predicted molar refractivity (Wildman–Crippen MR) is 75.7 cm³/mol. The quantitative estimate of drug-likeness (QED) is 0.776. The molecular weight excluding hydrogens is 248 g/mol. The zero-order valence-electron chi connectivity index (χ0n) is 9.43. The van der Waals surface area contributed by atoms with Crippen molar-refractivity contribution >= 4 is 32.8 Å². The first kappa shape index (κ1) is 10.9. The molecule has 2 heterocycles. The van der Waals surface area contributed by atoms with Gasteiger partial charge in [-0.3, -0.25) is 0 Å². The molecule has 0 atom stereocenters. The number of fused-ring (bicyclic) bond motifs is 1. The number of nitrogens with one attached hydrogen (secondary N) is 1. The Kier molecular flexibility index (Phi) is 2.93. The van der Waals surface area contributed by atoms with Crippen LogP contribution < -0.4 is 5.32 Å². The molecular formula is C13H12N2S2. The Hall–Kier alpha value is -1.23. The van der Waals surface area contributed by atoms with Crippen molar-refractivity contribution in [3.63, 3.8) is 0 Å². The average molecular weight is 260 g/mol. The van der Waals surface area contributed by atoms with Crippen molar-refractivity contribution in [3.05, 3.63) is 40.8 Å². The van der Waals surface area contributed by atoms with E-state index < -0.39 is 0 Å². The molecule has 0 aliphatic carbocycles. The average Bonchev–Trinajstić information content (AvgIpc) is 2.96. The maximum Gasteiger partial charge on any atom is 0.107 e. The number of hydrogen-bond acceptors (Lipinski definition) is 4. The summed E-state index contributed by atoms with van der Waals surface area (Å²) in [6.07, 6.45) is 1.98. The molecule has 3 aromatic rings. The van der Waals surface area contributed by atoms with E-state index in [1.54, 1.807) is 22.7 Å². The first-order valence-corrected chi connectivity index (χ1v) is 7.14. The molecule has 0 saturated heterocycles. The highest BCUT2D eigenvalue weighted by atomic mass is 32.1. The summed E-state index contributed by atoms with van der Waals surface area (Å²) in [6, 6.07) is 8.61. The van der Waals surface area contributed by atoms with Crippen molar-refractivity contribution in [3.8, 4) is 10.4 Å². The topological polar surface area (TPSA) is 24.9 Å². The van der Waals surface area contributed by atoms with E-state index in [4.69, 9.17) is 0 Å². The summed E-state index contributed by atoms with van der Waals surface area (Å²) in [6.45, 7) is 0.838. The summed E-state index contributed by atoms with van der Waals surface area (Å²) in [5, 5.41) is 7.73.